The molecule has 0 radical (unpaired) electrons. The molecule has 19 heavy (non-hydrogen) atoms. The van der Waals surface area contributed by atoms with Crippen molar-refractivity contribution in [2.45, 2.75) is 32.0 Å². The van der Waals surface area contributed by atoms with Crippen LogP contribution in [-0.2, 0) is 20.8 Å². The van der Waals surface area contributed by atoms with Gasteiger partial charge in [0.2, 0.25) is 5.91 Å². The minimum Gasteiger partial charge on any atom is -0.497 e. The van der Waals surface area contributed by atoms with E-state index in [1.165, 1.54) is 0 Å². The van der Waals surface area contributed by atoms with Gasteiger partial charge in [-0.05, 0) is 30.5 Å². The predicted molar refractivity (Wildman–Crippen MR) is 69.5 cm³/mol. The fraction of sp³-hybridized carbons (Fsp3) is 0.500. The summed E-state index contributed by atoms with van der Waals surface area (Å²) in [7, 11) is 1.61. The second-order valence-corrected chi connectivity index (χ2v) is 4.46. The zero-order chi connectivity index (χ0) is 13.5. The number of carbonyl (C=O) groups excluding carboxylic acids is 1. The van der Waals surface area contributed by atoms with Gasteiger partial charge in [0.05, 0.1) is 13.5 Å². The maximum absolute atomic E-state index is 11.7. The third-order valence-electron chi connectivity index (χ3n) is 2.97. The molecule has 1 amide bonds. The molecule has 0 saturated carbocycles. The molecule has 2 rings (SSSR count). The van der Waals surface area contributed by atoms with E-state index in [1.54, 1.807) is 7.11 Å². The van der Waals surface area contributed by atoms with Crippen molar-refractivity contribution in [2.75, 3.05) is 13.7 Å². The molecule has 1 heterocycles. The Bertz CT molecular complexity index is 398. The van der Waals surface area contributed by atoms with E-state index in [4.69, 9.17) is 14.3 Å². The van der Waals surface area contributed by atoms with Crippen LogP contribution in [0.1, 0.15) is 24.8 Å². The summed E-state index contributed by atoms with van der Waals surface area (Å²) in [5.74, 6) is 0.593. The van der Waals surface area contributed by atoms with Crippen LogP contribution in [0.4, 0.5) is 0 Å². The molecule has 0 aliphatic carbocycles. The number of methoxy groups -OCH3 is 1. The number of hydrogen-bond acceptors (Lipinski definition) is 4. The summed E-state index contributed by atoms with van der Waals surface area (Å²) in [6.07, 6.45) is 2.91. The highest BCUT2D eigenvalue weighted by molar-refractivity contribution is 5.77. The Morgan fingerprint density at radius 1 is 1.37 bits per heavy atom. The molecule has 0 spiro atoms. The first-order valence-electron chi connectivity index (χ1n) is 6.47. The van der Waals surface area contributed by atoms with E-state index in [-0.39, 0.29) is 18.6 Å². The number of ether oxygens (including phenoxy) is 2. The van der Waals surface area contributed by atoms with Gasteiger partial charge in [-0.15, -0.1) is 0 Å². The largest absolute Gasteiger partial charge is 0.497 e. The van der Waals surface area contributed by atoms with Gasteiger partial charge in [-0.2, -0.15) is 0 Å². The Hall–Kier alpha value is -1.59. The second-order valence-electron chi connectivity index (χ2n) is 4.46. The molecule has 1 fully saturated rings. The van der Waals surface area contributed by atoms with Crippen LogP contribution in [0.15, 0.2) is 24.3 Å². The first-order valence-corrected chi connectivity index (χ1v) is 6.47. The molecule has 1 aromatic carbocycles. The summed E-state index contributed by atoms with van der Waals surface area (Å²) < 4.78 is 10.4. The minimum atomic E-state index is -0.312. The molecule has 1 aromatic rings. The van der Waals surface area contributed by atoms with Gasteiger partial charge in [-0.25, -0.2) is 10.3 Å². The highest BCUT2D eigenvalue weighted by Gasteiger charge is 2.15. The van der Waals surface area contributed by atoms with Crippen LogP contribution in [0.25, 0.3) is 0 Å². The number of nitrogens with one attached hydrogen (secondary N) is 1. The highest BCUT2D eigenvalue weighted by atomic mass is 16.8. The Balaban J connectivity index is 1.73. The van der Waals surface area contributed by atoms with Crippen molar-refractivity contribution in [1.82, 2.24) is 5.48 Å². The fourth-order valence-corrected chi connectivity index (χ4v) is 1.90. The molecule has 5 nitrogen and oxygen atoms in total. The zero-order valence-electron chi connectivity index (χ0n) is 11.1. The van der Waals surface area contributed by atoms with Gasteiger partial charge in [0, 0.05) is 13.0 Å². The summed E-state index contributed by atoms with van der Waals surface area (Å²) in [6.45, 7) is 0.693. The molecule has 1 aliphatic rings. The lowest BCUT2D eigenvalue weighted by Gasteiger charge is -2.22. The van der Waals surface area contributed by atoms with Gasteiger partial charge in [-0.1, -0.05) is 12.1 Å². The number of hydroxylamine groups is 1. The quantitative estimate of drug-likeness (QED) is 0.825. The van der Waals surface area contributed by atoms with Crippen LogP contribution in [0, 0.1) is 0 Å². The van der Waals surface area contributed by atoms with Crippen LogP contribution in [-0.4, -0.2) is 25.9 Å². The Morgan fingerprint density at radius 2 is 2.16 bits per heavy atom. The molecule has 1 aliphatic heterocycles. The van der Waals surface area contributed by atoms with Crippen molar-refractivity contribution in [3.05, 3.63) is 29.8 Å². The predicted octanol–water partition coefficient (Wildman–Crippen LogP) is 1.81. The van der Waals surface area contributed by atoms with Gasteiger partial charge in [0.1, 0.15) is 5.75 Å². The van der Waals surface area contributed by atoms with Crippen molar-refractivity contribution in [3.8, 4) is 5.75 Å². The van der Waals surface area contributed by atoms with E-state index in [9.17, 15) is 4.79 Å². The zero-order valence-corrected chi connectivity index (χ0v) is 11.1. The summed E-state index contributed by atoms with van der Waals surface area (Å²) in [6, 6.07) is 7.37. The molecule has 0 aromatic heterocycles. The minimum absolute atomic E-state index is 0.181. The molecule has 1 saturated heterocycles. The topological polar surface area (TPSA) is 56.8 Å². The maximum atomic E-state index is 11.7. The van der Waals surface area contributed by atoms with Gasteiger partial charge in [0.25, 0.3) is 0 Å². The SMILES string of the molecule is COc1ccc(CC(=O)NO[C@@H]2CCCCO2)cc1. The average Bonchev–Trinajstić information content (AvgIpc) is 2.47. The van der Waals surface area contributed by atoms with E-state index in [0.29, 0.717) is 6.61 Å². The molecule has 1 N–H and O–H groups in total. The normalized spacial score (nSPS) is 18.9. The van der Waals surface area contributed by atoms with Gasteiger partial charge < -0.3 is 9.47 Å². The van der Waals surface area contributed by atoms with Gasteiger partial charge >= 0.3 is 0 Å². The number of benzene rings is 1. The lowest BCUT2D eigenvalue weighted by Crippen LogP contribution is -2.33. The van der Waals surface area contributed by atoms with Crippen LogP contribution in [0.3, 0.4) is 0 Å². The first kappa shape index (κ1) is 13.8. The van der Waals surface area contributed by atoms with Crippen LogP contribution in [0.2, 0.25) is 0 Å². The van der Waals surface area contributed by atoms with Crippen LogP contribution < -0.4 is 10.2 Å². The third-order valence-corrected chi connectivity index (χ3v) is 2.97. The van der Waals surface area contributed by atoms with Crippen molar-refractivity contribution in [1.29, 1.82) is 0 Å². The van der Waals surface area contributed by atoms with Crippen molar-refractivity contribution in [3.63, 3.8) is 0 Å². The molecular formula is C14H19NO4. The maximum Gasteiger partial charge on any atom is 0.248 e. The molecule has 0 bridgehead atoms. The smallest absolute Gasteiger partial charge is 0.248 e. The van der Waals surface area contributed by atoms with Gasteiger partial charge in [0.15, 0.2) is 6.29 Å². The molecule has 0 unspecified atom stereocenters. The second kappa shape index (κ2) is 7.11. The average molecular weight is 265 g/mol. The molecular weight excluding hydrogens is 246 g/mol. The number of hydrogen-bond donors (Lipinski definition) is 1. The number of carbonyl (C=O) groups is 1. The fourth-order valence-electron chi connectivity index (χ4n) is 1.90. The third kappa shape index (κ3) is 4.54. The Labute approximate surface area is 112 Å². The highest BCUT2D eigenvalue weighted by Crippen LogP contribution is 2.13. The lowest BCUT2D eigenvalue weighted by molar-refractivity contribution is -0.200. The van der Waals surface area contributed by atoms with Gasteiger partial charge in [-0.3, -0.25) is 4.79 Å². The summed E-state index contributed by atoms with van der Waals surface area (Å²) in [5, 5.41) is 0. The van der Waals surface area contributed by atoms with Crippen molar-refractivity contribution < 1.29 is 19.1 Å². The standard InChI is InChI=1S/C14H19NO4/c1-17-12-7-5-11(6-8-12)10-13(16)15-19-14-4-2-3-9-18-14/h5-8,14H,2-4,9-10H2,1H3,(H,15,16)/t14-/m1/s1. The lowest BCUT2D eigenvalue weighted by atomic mass is 10.1. The van der Waals surface area contributed by atoms with E-state index >= 15 is 0 Å². The Kier molecular flexibility index (Phi) is 5.18. The molecule has 5 heteroatoms. The summed E-state index contributed by atoms with van der Waals surface area (Å²) in [5.41, 5.74) is 3.34. The summed E-state index contributed by atoms with van der Waals surface area (Å²) in [4.78, 5) is 16.9. The Morgan fingerprint density at radius 3 is 2.79 bits per heavy atom. The monoisotopic (exact) mass is 265 g/mol. The van der Waals surface area contributed by atoms with E-state index in [2.05, 4.69) is 5.48 Å². The van der Waals surface area contributed by atoms with E-state index in [0.717, 1.165) is 30.6 Å². The number of amides is 1. The van der Waals surface area contributed by atoms with E-state index in [1.807, 2.05) is 24.3 Å². The number of rotatable bonds is 5. The molecule has 1 atom stereocenters. The van der Waals surface area contributed by atoms with Crippen LogP contribution in [0.5, 0.6) is 5.75 Å². The first-order chi connectivity index (χ1) is 9.28. The molecule has 104 valence electrons. The van der Waals surface area contributed by atoms with Crippen molar-refractivity contribution >= 4 is 5.91 Å². The van der Waals surface area contributed by atoms with E-state index < -0.39 is 0 Å². The van der Waals surface area contributed by atoms with Crippen LogP contribution >= 0.6 is 0 Å². The van der Waals surface area contributed by atoms with Crippen molar-refractivity contribution in [2.24, 2.45) is 0 Å². The summed E-state index contributed by atoms with van der Waals surface area (Å²) >= 11 is 0.